The summed E-state index contributed by atoms with van der Waals surface area (Å²) in [5.74, 6) is 0. The third-order valence-electron chi connectivity index (χ3n) is 3.58. The number of hydrogen-bond acceptors (Lipinski definition) is 0. The zero-order valence-electron chi connectivity index (χ0n) is 12.6. The SMILES string of the molecule is Cc1ccccc1C(=C[Se]c1ccccc1)c1ccccc1. The minimum atomic E-state index is 0.328. The molecule has 3 aromatic carbocycles. The summed E-state index contributed by atoms with van der Waals surface area (Å²) in [4.78, 5) is 2.40. The van der Waals surface area contributed by atoms with E-state index in [0.717, 1.165) is 0 Å². The average molecular weight is 349 g/mol. The van der Waals surface area contributed by atoms with Crippen LogP contribution in [0.2, 0.25) is 0 Å². The fourth-order valence-electron chi connectivity index (χ4n) is 2.41. The molecule has 0 saturated heterocycles. The molecule has 0 aliphatic heterocycles. The molecule has 0 amide bonds. The summed E-state index contributed by atoms with van der Waals surface area (Å²) in [6, 6.07) is 30.0. The van der Waals surface area contributed by atoms with E-state index < -0.39 is 0 Å². The molecule has 0 heterocycles. The quantitative estimate of drug-likeness (QED) is 0.612. The zero-order chi connectivity index (χ0) is 15.2. The Hall–Kier alpha value is -2.08. The van der Waals surface area contributed by atoms with Crippen molar-refractivity contribution in [3.63, 3.8) is 0 Å². The van der Waals surface area contributed by atoms with Crippen molar-refractivity contribution in [2.75, 3.05) is 0 Å². The molecule has 0 bridgehead atoms. The summed E-state index contributed by atoms with van der Waals surface area (Å²) in [7, 11) is 0. The summed E-state index contributed by atoms with van der Waals surface area (Å²) < 4.78 is 1.40. The summed E-state index contributed by atoms with van der Waals surface area (Å²) >= 11 is 0.328. The van der Waals surface area contributed by atoms with Gasteiger partial charge in [-0.1, -0.05) is 0 Å². The van der Waals surface area contributed by atoms with Crippen LogP contribution in [0.15, 0.2) is 89.9 Å². The topological polar surface area (TPSA) is 0 Å². The first-order valence-corrected chi connectivity index (χ1v) is 9.22. The van der Waals surface area contributed by atoms with Crippen molar-refractivity contribution in [2.45, 2.75) is 6.92 Å². The van der Waals surface area contributed by atoms with Gasteiger partial charge in [-0.05, 0) is 0 Å². The first kappa shape index (κ1) is 14.8. The average Bonchev–Trinajstić information content (AvgIpc) is 2.58. The molecule has 0 aliphatic rings. The van der Waals surface area contributed by atoms with E-state index >= 15 is 0 Å². The van der Waals surface area contributed by atoms with Crippen molar-refractivity contribution in [3.05, 3.63) is 107 Å². The van der Waals surface area contributed by atoms with Gasteiger partial charge in [0.25, 0.3) is 0 Å². The van der Waals surface area contributed by atoms with Gasteiger partial charge in [-0.15, -0.1) is 0 Å². The van der Waals surface area contributed by atoms with E-state index in [1.165, 1.54) is 26.7 Å². The van der Waals surface area contributed by atoms with E-state index in [1.807, 2.05) is 0 Å². The van der Waals surface area contributed by atoms with Gasteiger partial charge in [0, 0.05) is 0 Å². The van der Waals surface area contributed by atoms with Gasteiger partial charge in [-0.3, -0.25) is 0 Å². The number of hydrogen-bond donors (Lipinski definition) is 0. The molecule has 0 saturated carbocycles. The Balaban J connectivity index is 2.02. The number of benzene rings is 3. The van der Waals surface area contributed by atoms with Gasteiger partial charge >= 0.3 is 139 Å². The van der Waals surface area contributed by atoms with Crippen molar-refractivity contribution >= 4 is 25.0 Å². The van der Waals surface area contributed by atoms with Crippen molar-refractivity contribution in [1.29, 1.82) is 0 Å². The summed E-state index contributed by atoms with van der Waals surface area (Å²) in [5, 5.41) is 0. The van der Waals surface area contributed by atoms with Crippen LogP contribution >= 0.6 is 0 Å². The van der Waals surface area contributed by atoms with Crippen LogP contribution in [0.5, 0.6) is 0 Å². The molecule has 3 aromatic rings. The maximum atomic E-state index is 2.40. The van der Waals surface area contributed by atoms with Crippen molar-refractivity contribution in [2.24, 2.45) is 0 Å². The molecule has 22 heavy (non-hydrogen) atoms. The Kier molecular flexibility index (Phi) is 4.90. The minimum absolute atomic E-state index is 0.328. The molecule has 108 valence electrons. The standard InChI is InChI=1S/C21H18Se/c1-17-10-8-9-15-20(17)21(18-11-4-2-5-12-18)16-22-19-13-6-3-7-14-19/h2-16H,1H3. The second-order valence-corrected chi connectivity index (χ2v) is 7.12. The Morgan fingerprint density at radius 2 is 1.32 bits per heavy atom. The zero-order valence-corrected chi connectivity index (χ0v) is 14.3. The van der Waals surface area contributed by atoms with Gasteiger partial charge < -0.3 is 0 Å². The molecule has 0 spiro atoms. The molecule has 0 atom stereocenters. The molecule has 1 heteroatoms. The summed E-state index contributed by atoms with van der Waals surface area (Å²) in [5.41, 5.74) is 5.27. The molecule has 0 radical (unpaired) electrons. The maximum absolute atomic E-state index is 2.40. The van der Waals surface area contributed by atoms with E-state index in [-0.39, 0.29) is 0 Å². The van der Waals surface area contributed by atoms with Gasteiger partial charge in [0.1, 0.15) is 0 Å². The molecule has 0 unspecified atom stereocenters. The Morgan fingerprint density at radius 3 is 2.00 bits per heavy atom. The van der Waals surface area contributed by atoms with E-state index in [4.69, 9.17) is 0 Å². The normalized spacial score (nSPS) is 11.4. The van der Waals surface area contributed by atoms with Gasteiger partial charge in [-0.25, -0.2) is 0 Å². The van der Waals surface area contributed by atoms with E-state index in [1.54, 1.807) is 0 Å². The molecule has 0 aromatic heterocycles. The predicted molar refractivity (Wildman–Crippen MR) is 96.5 cm³/mol. The Labute approximate surface area is 138 Å². The molecule has 0 N–H and O–H groups in total. The van der Waals surface area contributed by atoms with Gasteiger partial charge in [0.05, 0.1) is 0 Å². The van der Waals surface area contributed by atoms with Crippen LogP contribution in [0.3, 0.4) is 0 Å². The Bertz CT molecular complexity index is 758. The summed E-state index contributed by atoms with van der Waals surface area (Å²) in [6.45, 7) is 2.18. The fourth-order valence-corrected chi connectivity index (χ4v) is 4.15. The molecule has 0 fully saturated rings. The van der Waals surface area contributed by atoms with E-state index in [2.05, 4.69) is 96.8 Å². The Morgan fingerprint density at radius 1 is 0.727 bits per heavy atom. The third kappa shape index (κ3) is 3.57. The van der Waals surface area contributed by atoms with Gasteiger partial charge in [0.2, 0.25) is 0 Å². The molecular weight excluding hydrogens is 331 g/mol. The molecular formula is C21H18Se. The van der Waals surface area contributed by atoms with Crippen molar-refractivity contribution in [1.82, 2.24) is 0 Å². The van der Waals surface area contributed by atoms with Crippen molar-refractivity contribution in [3.8, 4) is 0 Å². The van der Waals surface area contributed by atoms with Gasteiger partial charge in [-0.2, -0.15) is 0 Å². The van der Waals surface area contributed by atoms with Crippen LogP contribution in [-0.4, -0.2) is 15.0 Å². The third-order valence-corrected chi connectivity index (χ3v) is 5.46. The van der Waals surface area contributed by atoms with Crippen LogP contribution in [0.4, 0.5) is 0 Å². The first-order chi connectivity index (χ1) is 10.8. The second kappa shape index (κ2) is 7.26. The van der Waals surface area contributed by atoms with Crippen LogP contribution in [-0.2, 0) is 0 Å². The first-order valence-electron chi connectivity index (χ1n) is 7.38. The van der Waals surface area contributed by atoms with Crippen LogP contribution in [0.25, 0.3) is 5.57 Å². The second-order valence-electron chi connectivity index (χ2n) is 5.14. The van der Waals surface area contributed by atoms with Crippen LogP contribution in [0.1, 0.15) is 16.7 Å². The van der Waals surface area contributed by atoms with E-state index in [0.29, 0.717) is 15.0 Å². The van der Waals surface area contributed by atoms with E-state index in [9.17, 15) is 0 Å². The molecule has 0 nitrogen and oxygen atoms in total. The summed E-state index contributed by atoms with van der Waals surface area (Å²) in [6.07, 6.45) is 0. The number of rotatable bonds is 4. The number of aryl methyl sites for hydroxylation is 1. The molecule has 3 rings (SSSR count). The van der Waals surface area contributed by atoms with Crippen LogP contribution in [0, 0.1) is 6.92 Å². The monoisotopic (exact) mass is 350 g/mol. The fraction of sp³-hybridized carbons (Fsp3) is 0.0476. The van der Waals surface area contributed by atoms with Crippen LogP contribution < -0.4 is 4.46 Å². The predicted octanol–water partition coefficient (Wildman–Crippen LogP) is 4.41. The van der Waals surface area contributed by atoms with Crippen molar-refractivity contribution < 1.29 is 0 Å². The van der Waals surface area contributed by atoms with Gasteiger partial charge in [0.15, 0.2) is 0 Å². The molecule has 0 aliphatic carbocycles.